The second-order valence-corrected chi connectivity index (χ2v) is 5.62. The molecule has 0 saturated heterocycles. The fourth-order valence-electron chi connectivity index (χ4n) is 2.04. The first-order chi connectivity index (χ1) is 11.8. The molecule has 0 aliphatic heterocycles. The number of ether oxygens (including phenoxy) is 1. The predicted octanol–water partition coefficient (Wildman–Crippen LogP) is 3.24. The van der Waals surface area contributed by atoms with Crippen molar-refractivity contribution in [3.63, 3.8) is 0 Å². The predicted molar refractivity (Wildman–Crippen MR) is 89.8 cm³/mol. The number of carbonyl (C=O) groups is 1. The van der Waals surface area contributed by atoms with Crippen molar-refractivity contribution < 1.29 is 9.53 Å². The third kappa shape index (κ3) is 3.74. The molecule has 0 unspecified atom stereocenters. The van der Waals surface area contributed by atoms with Gasteiger partial charge in [0.15, 0.2) is 0 Å². The zero-order valence-corrected chi connectivity index (χ0v) is 13.3. The SMILES string of the molecule is N#Cc1ccccc1COc1cccc(C(=O)Nc2nncs2)c1. The molecule has 0 aliphatic rings. The summed E-state index contributed by atoms with van der Waals surface area (Å²) in [4.78, 5) is 12.2. The Morgan fingerprint density at radius 2 is 2.12 bits per heavy atom. The summed E-state index contributed by atoms with van der Waals surface area (Å²) in [5, 5.41) is 19.6. The fraction of sp³-hybridized carbons (Fsp3) is 0.0588. The monoisotopic (exact) mass is 336 g/mol. The molecule has 7 heteroatoms. The van der Waals surface area contributed by atoms with E-state index < -0.39 is 0 Å². The van der Waals surface area contributed by atoms with Crippen LogP contribution in [0.2, 0.25) is 0 Å². The first-order valence-electron chi connectivity index (χ1n) is 7.04. The van der Waals surface area contributed by atoms with E-state index >= 15 is 0 Å². The molecular formula is C17H12N4O2S. The highest BCUT2D eigenvalue weighted by molar-refractivity contribution is 7.13. The van der Waals surface area contributed by atoms with Gasteiger partial charge in [-0.15, -0.1) is 10.2 Å². The summed E-state index contributed by atoms with van der Waals surface area (Å²) in [5.74, 6) is 0.266. The van der Waals surface area contributed by atoms with E-state index in [-0.39, 0.29) is 12.5 Å². The van der Waals surface area contributed by atoms with Gasteiger partial charge in [0.2, 0.25) is 5.13 Å². The number of nitriles is 1. The maximum atomic E-state index is 12.2. The Kier molecular flexibility index (Phi) is 4.79. The average molecular weight is 336 g/mol. The van der Waals surface area contributed by atoms with Crippen molar-refractivity contribution in [2.75, 3.05) is 5.32 Å². The number of nitrogens with one attached hydrogen (secondary N) is 1. The highest BCUT2D eigenvalue weighted by atomic mass is 32.1. The number of benzene rings is 2. The van der Waals surface area contributed by atoms with Gasteiger partial charge in [0, 0.05) is 11.1 Å². The van der Waals surface area contributed by atoms with Crippen LogP contribution in [-0.2, 0) is 6.61 Å². The van der Waals surface area contributed by atoms with Crippen LogP contribution in [0.15, 0.2) is 54.0 Å². The summed E-state index contributed by atoms with van der Waals surface area (Å²) >= 11 is 1.25. The minimum atomic E-state index is -0.283. The van der Waals surface area contributed by atoms with E-state index in [0.29, 0.717) is 22.0 Å². The van der Waals surface area contributed by atoms with Gasteiger partial charge in [-0.05, 0) is 24.3 Å². The molecule has 0 aliphatic carbocycles. The minimum Gasteiger partial charge on any atom is -0.489 e. The van der Waals surface area contributed by atoms with E-state index in [4.69, 9.17) is 10.00 Å². The third-order valence-corrected chi connectivity index (χ3v) is 3.82. The smallest absolute Gasteiger partial charge is 0.257 e. The fourth-order valence-corrected chi connectivity index (χ4v) is 2.48. The van der Waals surface area contributed by atoms with Crippen molar-refractivity contribution >= 4 is 22.4 Å². The zero-order chi connectivity index (χ0) is 16.8. The summed E-state index contributed by atoms with van der Waals surface area (Å²) in [6.45, 7) is 0.255. The van der Waals surface area contributed by atoms with Crippen LogP contribution >= 0.6 is 11.3 Å². The van der Waals surface area contributed by atoms with Crippen molar-refractivity contribution in [2.24, 2.45) is 0 Å². The number of rotatable bonds is 5. The second kappa shape index (κ2) is 7.35. The molecule has 1 heterocycles. The summed E-state index contributed by atoms with van der Waals surface area (Å²) in [6, 6.07) is 16.2. The lowest BCUT2D eigenvalue weighted by Crippen LogP contribution is -2.11. The van der Waals surface area contributed by atoms with Crippen LogP contribution in [0.4, 0.5) is 5.13 Å². The molecule has 0 saturated carbocycles. The molecule has 1 N–H and O–H groups in total. The van der Waals surface area contributed by atoms with Crippen LogP contribution < -0.4 is 10.1 Å². The Labute approximate surface area is 142 Å². The molecular weight excluding hydrogens is 324 g/mol. The van der Waals surface area contributed by atoms with E-state index in [1.165, 1.54) is 11.3 Å². The van der Waals surface area contributed by atoms with Crippen LogP contribution in [0.5, 0.6) is 5.75 Å². The summed E-state index contributed by atoms with van der Waals surface area (Å²) < 4.78 is 5.70. The van der Waals surface area contributed by atoms with Crippen LogP contribution in [0, 0.1) is 11.3 Å². The Balaban J connectivity index is 1.69. The standard InChI is InChI=1S/C17H12N4O2S/c18-9-13-4-1-2-5-14(13)10-23-15-7-3-6-12(8-15)16(22)20-17-21-19-11-24-17/h1-8,11H,10H2,(H,20,21,22). The van der Waals surface area contributed by atoms with Crippen LogP contribution in [0.25, 0.3) is 0 Å². The molecule has 0 bridgehead atoms. The largest absolute Gasteiger partial charge is 0.489 e. The molecule has 1 aromatic heterocycles. The number of aromatic nitrogens is 2. The van der Waals surface area contributed by atoms with Gasteiger partial charge in [-0.3, -0.25) is 10.1 Å². The molecule has 118 valence electrons. The summed E-state index contributed by atoms with van der Waals surface area (Å²) in [7, 11) is 0. The Hall–Kier alpha value is -3.24. The van der Waals surface area contributed by atoms with Gasteiger partial charge in [0.1, 0.15) is 17.9 Å². The summed E-state index contributed by atoms with van der Waals surface area (Å²) in [5.41, 5.74) is 3.37. The molecule has 24 heavy (non-hydrogen) atoms. The van der Waals surface area contributed by atoms with Gasteiger partial charge in [-0.2, -0.15) is 5.26 Å². The van der Waals surface area contributed by atoms with E-state index in [2.05, 4.69) is 21.6 Å². The number of amides is 1. The van der Waals surface area contributed by atoms with Gasteiger partial charge < -0.3 is 4.74 Å². The van der Waals surface area contributed by atoms with Crippen molar-refractivity contribution in [3.8, 4) is 11.8 Å². The molecule has 0 spiro atoms. The first-order valence-corrected chi connectivity index (χ1v) is 7.92. The van der Waals surface area contributed by atoms with E-state index in [1.807, 2.05) is 12.1 Å². The van der Waals surface area contributed by atoms with E-state index in [9.17, 15) is 4.79 Å². The lowest BCUT2D eigenvalue weighted by Gasteiger charge is -2.09. The summed E-state index contributed by atoms with van der Waals surface area (Å²) in [6.07, 6.45) is 0. The Morgan fingerprint density at radius 1 is 1.25 bits per heavy atom. The van der Waals surface area contributed by atoms with Crippen molar-refractivity contribution in [1.29, 1.82) is 5.26 Å². The van der Waals surface area contributed by atoms with Crippen LogP contribution in [0.3, 0.4) is 0 Å². The number of hydrogen-bond acceptors (Lipinski definition) is 6. The highest BCUT2D eigenvalue weighted by Crippen LogP contribution is 2.18. The average Bonchev–Trinajstić information content (AvgIpc) is 3.13. The number of nitrogens with zero attached hydrogens (tertiary/aromatic N) is 3. The van der Waals surface area contributed by atoms with Crippen molar-refractivity contribution in [3.05, 3.63) is 70.7 Å². The van der Waals surface area contributed by atoms with Crippen molar-refractivity contribution in [2.45, 2.75) is 6.61 Å². The Morgan fingerprint density at radius 3 is 2.92 bits per heavy atom. The number of hydrogen-bond donors (Lipinski definition) is 1. The Bertz CT molecular complexity index is 888. The minimum absolute atomic E-state index is 0.255. The molecule has 0 fully saturated rings. The maximum absolute atomic E-state index is 12.2. The quantitative estimate of drug-likeness (QED) is 0.773. The first kappa shape index (κ1) is 15.6. The van der Waals surface area contributed by atoms with Gasteiger partial charge in [-0.25, -0.2) is 0 Å². The zero-order valence-electron chi connectivity index (χ0n) is 12.5. The second-order valence-electron chi connectivity index (χ2n) is 4.78. The molecule has 3 rings (SSSR count). The number of anilines is 1. The van der Waals surface area contributed by atoms with Gasteiger partial charge >= 0.3 is 0 Å². The van der Waals surface area contributed by atoms with Crippen LogP contribution in [0.1, 0.15) is 21.5 Å². The van der Waals surface area contributed by atoms with E-state index in [0.717, 1.165) is 5.56 Å². The molecule has 0 atom stereocenters. The number of carbonyl (C=O) groups excluding carboxylic acids is 1. The topological polar surface area (TPSA) is 87.9 Å². The molecule has 2 aromatic carbocycles. The lowest BCUT2D eigenvalue weighted by atomic mass is 10.1. The highest BCUT2D eigenvalue weighted by Gasteiger charge is 2.09. The molecule has 0 radical (unpaired) electrons. The molecule has 1 amide bonds. The van der Waals surface area contributed by atoms with Crippen LogP contribution in [-0.4, -0.2) is 16.1 Å². The van der Waals surface area contributed by atoms with Gasteiger partial charge in [-0.1, -0.05) is 35.6 Å². The molecule has 3 aromatic rings. The van der Waals surface area contributed by atoms with E-state index in [1.54, 1.807) is 41.9 Å². The molecule has 6 nitrogen and oxygen atoms in total. The van der Waals surface area contributed by atoms with Crippen molar-refractivity contribution in [1.82, 2.24) is 10.2 Å². The normalized spacial score (nSPS) is 9.96. The third-order valence-electron chi connectivity index (χ3n) is 3.21. The van der Waals surface area contributed by atoms with Gasteiger partial charge in [0.05, 0.1) is 11.6 Å². The van der Waals surface area contributed by atoms with Gasteiger partial charge in [0.25, 0.3) is 5.91 Å². The maximum Gasteiger partial charge on any atom is 0.257 e. The lowest BCUT2D eigenvalue weighted by molar-refractivity contribution is 0.102.